The molecule has 20 heavy (non-hydrogen) atoms. The first-order valence-electron chi connectivity index (χ1n) is 6.49. The molecule has 0 saturated heterocycles. The molecular weight excluding hydrogens is 322 g/mol. The molecule has 0 aliphatic heterocycles. The standard InChI is InChI=1S/C14H16BrN3O2/c1-3-12-16-13(4-2)18(17-12)8-10-6-5-9(14(19)20)7-11(10)15/h5-7H,3-4,8H2,1-2H3,(H,19,20). The fourth-order valence-electron chi connectivity index (χ4n) is 1.93. The number of carbonyl (C=O) groups is 1. The van der Waals surface area contributed by atoms with E-state index in [1.54, 1.807) is 18.2 Å². The lowest BCUT2D eigenvalue weighted by Crippen LogP contribution is -2.07. The van der Waals surface area contributed by atoms with Gasteiger partial charge >= 0.3 is 5.97 Å². The van der Waals surface area contributed by atoms with Gasteiger partial charge in [-0.15, -0.1) is 0 Å². The minimum absolute atomic E-state index is 0.268. The third kappa shape index (κ3) is 3.07. The summed E-state index contributed by atoms with van der Waals surface area (Å²) in [6.07, 6.45) is 1.62. The van der Waals surface area contributed by atoms with E-state index in [9.17, 15) is 4.79 Å². The van der Waals surface area contributed by atoms with Crippen molar-refractivity contribution in [3.05, 3.63) is 45.4 Å². The van der Waals surface area contributed by atoms with E-state index in [4.69, 9.17) is 5.11 Å². The molecule has 0 bridgehead atoms. The van der Waals surface area contributed by atoms with E-state index in [0.717, 1.165) is 34.5 Å². The van der Waals surface area contributed by atoms with Gasteiger partial charge in [0.05, 0.1) is 12.1 Å². The Bertz CT molecular complexity index is 637. The number of carboxylic acids is 1. The van der Waals surface area contributed by atoms with Crippen LogP contribution in [0.5, 0.6) is 0 Å². The molecule has 0 saturated carbocycles. The summed E-state index contributed by atoms with van der Waals surface area (Å²) < 4.78 is 2.65. The lowest BCUT2D eigenvalue weighted by atomic mass is 10.1. The molecule has 106 valence electrons. The summed E-state index contributed by atoms with van der Waals surface area (Å²) in [7, 11) is 0. The Morgan fingerprint density at radius 3 is 2.65 bits per heavy atom. The van der Waals surface area contributed by atoms with Crippen LogP contribution in [0.2, 0.25) is 0 Å². The van der Waals surface area contributed by atoms with Gasteiger partial charge in [-0.3, -0.25) is 0 Å². The van der Waals surface area contributed by atoms with E-state index in [1.165, 1.54) is 0 Å². The molecule has 0 radical (unpaired) electrons. The van der Waals surface area contributed by atoms with Crippen LogP contribution in [0.25, 0.3) is 0 Å². The molecule has 0 spiro atoms. The highest BCUT2D eigenvalue weighted by Gasteiger charge is 2.11. The Morgan fingerprint density at radius 2 is 2.10 bits per heavy atom. The van der Waals surface area contributed by atoms with Gasteiger partial charge in [-0.05, 0) is 17.7 Å². The molecule has 0 fully saturated rings. The first kappa shape index (κ1) is 14.7. The van der Waals surface area contributed by atoms with E-state index in [2.05, 4.69) is 26.0 Å². The second kappa shape index (κ2) is 6.17. The first-order valence-corrected chi connectivity index (χ1v) is 7.28. The smallest absolute Gasteiger partial charge is 0.335 e. The molecule has 1 aromatic heterocycles. The molecule has 0 aliphatic carbocycles. The predicted octanol–water partition coefficient (Wildman–Crippen LogP) is 2.91. The van der Waals surface area contributed by atoms with Crippen LogP contribution in [-0.4, -0.2) is 25.8 Å². The number of aromatic carboxylic acids is 1. The number of carboxylic acid groups (broad SMARTS) is 1. The average molecular weight is 338 g/mol. The van der Waals surface area contributed by atoms with Crippen LogP contribution >= 0.6 is 15.9 Å². The Balaban J connectivity index is 2.30. The summed E-state index contributed by atoms with van der Waals surface area (Å²) in [6.45, 7) is 4.65. The number of hydrogen-bond donors (Lipinski definition) is 1. The number of aromatic nitrogens is 3. The van der Waals surface area contributed by atoms with Crippen molar-refractivity contribution in [1.29, 1.82) is 0 Å². The zero-order valence-corrected chi connectivity index (χ0v) is 13.0. The van der Waals surface area contributed by atoms with Crippen molar-refractivity contribution in [2.75, 3.05) is 0 Å². The highest BCUT2D eigenvalue weighted by atomic mass is 79.9. The van der Waals surface area contributed by atoms with E-state index in [0.29, 0.717) is 6.54 Å². The number of halogens is 1. The molecule has 1 N–H and O–H groups in total. The van der Waals surface area contributed by atoms with Gasteiger partial charge in [0.25, 0.3) is 0 Å². The average Bonchev–Trinajstić information content (AvgIpc) is 2.83. The Labute approximate surface area is 125 Å². The van der Waals surface area contributed by atoms with E-state index < -0.39 is 5.97 Å². The van der Waals surface area contributed by atoms with Crippen molar-refractivity contribution in [1.82, 2.24) is 14.8 Å². The van der Waals surface area contributed by atoms with Crippen LogP contribution in [0.3, 0.4) is 0 Å². The van der Waals surface area contributed by atoms with Crippen molar-refractivity contribution in [2.45, 2.75) is 33.2 Å². The molecule has 2 rings (SSSR count). The Kier molecular flexibility index (Phi) is 4.54. The molecule has 0 aliphatic rings. The van der Waals surface area contributed by atoms with Crippen molar-refractivity contribution >= 4 is 21.9 Å². The van der Waals surface area contributed by atoms with E-state index in [1.807, 2.05) is 18.5 Å². The molecule has 2 aromatic rings. The Hall–Kier alpha value is -1.69. The van der Waals surface area contributed by atoms with Crippen LogP contribution in [0.1, 0.15) is 41.4 Å². The highest BCUT2D eigenvalue weighted by Crippen LogP contribution is 2.20. The van der Waals surface area contributed by atoms with Gasteiger partial charge in [-0.25, -0.2) is 14.5 Å². The van der Waals surface area contributed by atoms with Gasteiger partial charge < -0.3 is 5.11 Å². The fourth-order valence-corrected chi connectivity index (χ4v) is 2.44. The monoisotopic (exact) mass is 337 g/mol. The van der Waals surface area contributed by atoms with Gasteiger partial charge in [0.15, 0.2) is 5.82 Å². The highest BCUT2D eigenvalue weighted by molar-refractivity contribution is 9.10. The van der Waals surface area contributed by atoms with Crippen molar-refractivity contribution in [3.8, 4) is 0 Å². The molecular formula is C14H16BrN3O2. The van der Waals surface area contributed by atoms with Gasteiger partial charge in [0, 0.05) is 17.3 Å². The summed E-state index contributed by atoms with van der Waals surface area (Å²) in [5.41, 5.74) is 1.25. The van der Waals surface area contributed by atoms with Crippen LogP contribution in [0.15, 0.2) is 22.7 Å². The molecule has 1 aromatic carbocycles. The summed E-state index contributed by atoms with van der Waals surface area (Å²) >= 11 is 3.42. The van der Waals surface area contributed by atoms with Crippen molar-refractivity contribution in [3.63, 3.8) is 0 Å². The van der Waals surface area contributed by atoms with Gasteiger partial charge in [-0.1, -0.05) is 35.8 Å². The van der Waals surface area contributed by atoms with Crippen LogP contribution in [-0.2, 0) is 19.4 Å². The largest absolute Gasteiger partial charge is 0.478 e. The minimum atomic E-state index is -0.930. The number of hydrogen-bond acceptors (Lipinski definition) is 3. The summed E-state index contributed by atoms with van der Waals surface area (Å²) in [6, 6.07) is 5.02. The first-order chi connectivity index (χ1) is 9.55. The summed E-state index contributed by atoms with van der Waals surface area (Å²) in [5, 5.41) is 13.4. The maximum Gasteiger partial charge on any atom is 0.335 e. The zero-order chi connectivity index (χ0) is 14.7. The lowest BCUT2D eigenvalue weighted by molar-refractivity contribution is 0.0697. The second-order valence-corrected chi connectivity index (χ2v) is 5.27. The number of benzene rings is 1. The topological polar surface area (TPSA) is 68.0 Å². The molecule has 0 amide bonds. The normalized spacial score (nSPS) is 10.8. The maximum absolute atomic E-state index is 10.9. The minimum Gasteiger partial charge on any atom is -0.478 e. The fraction of sp³-hybridized carbons (Fsp3) is 0.357. The third-order valence-corrected chi connectivity index (χ3v) is 3.78. The Morgan fingerprint density at radius 1 is 1.35 bits per heavy atom. The number of nitrogens with zero attached hydrogens (tertiary/aromatic N) is 3. The van der Waals surface area contributed by atoms with Crippen LogP contribution in [0.4, 0.5) is 0 Å². The van der Waals surface area contributed by atoms with Gasteiger partial charge in [-0.2, -0.15) is 5.10 Å². The molecule has 5 nitrogen and oxygen atoms in total. The number of aryl methyl sites for hydroxylation is 2. The zero-order valence-electron chi connectivity index (χ0n) is 11.4. The van der Waals surface area contributed by atoms with Gasteiger partial charge in [0.2, 0.25) is 0 Å². The van der Waals surface area contributed by atoms with Gasteiger partial charge in [0.1, 0.15) is 5.82 Å². The van der Waals surface area contributed by atoms with Crippen molar-refractivity contribution in [2.24, 2.45) is 0 Å². The second-order valence-electron chi connectivity index (χ2n) is 4.42. The van der Waals surface area contributed by atoms with E-state index >= 15 is 0 Å². The molecule has 0 unspecified atom stereocenters. The maximum atomic E-state index is 10.9. The van der Waals surface area contributed by atoms with Crippen LogP contribution in [0, 0.1) is 0 Å². The predicted molar refractivity (Wildman–Crippen MR) is 79.0 cm³/mol. The van der Waals surface area contributed by atoms with E-state index in [-0.39, 0.29) is 5.56 Å². The molecule has 6 heteroatoms. The quantitative estimate of drug-likeness (QED) is 0.910. The number of rotatable bonds is 5. The third-order valence-electron chi connectivity index (χ3n) is 3.04. The lowest BCUT2D eigenvalue weighted by Gasteiger charge is -2.07. The van der Waals surface area contributed by atoms with Crippen molar-refractivity contribution < 1.29 is 9.90 Å². The SMILES string of the molecule is CCc1nc(CC)n(Cc2ccc(C(=O)O)cc2Br)n1. The molecule has 0 atom stereocenters. The summed E-state index contributed by atoms with van der Waals surface area (Å²) in [4.78, 5) is 15.4. The molecule has 1 heterocycles. The van der Waals surface area contributed by atoms with Crippen LogP contribution < -0.4 is 0 Å². The summed E-state index contributed by atoms with van der Waals surface area (Å²) in [5.74, 6) is 0.844.